The van der Waals surface area contributed by atoms with Gasteiger partial charge in [-0.05, 0) is 44.2 Å². The van der Waals surface area contributed by atoms with Crippen LogP contribution in [0.15, 0.2) is 36.0 Å². The van der Waals surface area contributed by atoms with Crippen molar-refractivity contribution in [1.29, 1.82) is 0 Å². The molecule has 2 unspecified atom stereocenters. The first-order chi connectivity index (χ1) is 10.2. The average Bonchev–Trinajstić information content (AvgIpc) is 2.89. The van der Waals surface area contributed by atoms with Gasteiger partial charge in [-0.1, -0.05) is 78.3 Å². The lowest BCUT2D eigenvalue weighted by atomic mass is 10.1. The highest BCUT2D eigenvalue weighted by Gasteiger charge is 2.21. The largest absolute Gasteiger partial charge is 0.313 e. The number of hydrogen-bond donors (Lipinski definition) is 1. The van der Waals surface area contributed by atoms with E-state index in [9.17, 15) is 0 Å². The summed E-state index contributed by atoms with van der Waals surface area (Å²) >= 11 is 0. The van der Waals surface area contributed by atoms with Gasteiger partial charge in [0.05, 0.1) is 0 Å². The quantitative estimate of drug-likeness (QED) is 0.607. The van der Waals surface area contributed by atoms with Crippen LogP contribution in [0.1, 0.15) is 74.1 Å². The molecule has 1 nitrogen and oxygen atoms in total. The number of allylic oxidation sites excluding steroid dienone is 3. The molecule has 0 amide bonds. The van der Waals surface area contributed by atoms with E-state index in [1.807, 2.05) is 27.7 Å². The van der Waals surface area contributed by atoms with E-state index in [4.69, 9.17) is 0 Å². The van der Waals surface area contributed by atoms with Crippen molar-refractivity contribution in [2.24, 2.45) is 5.92 Å². The summed E-state index contributed by atoms with van der Waals surface area (Å²) in [4.78, 5) is 0. The van der Waals surface area contributed by atoms with Crippen LogP contribution in [-0.2, 0) is 0 Å². The van der Waals surface area contributed by atoms with Crippen LogP contribution in [0.5, 0.6) is 0 Å². The lowest BCUT2D eigenvalue weighted by Crippen LogP contribution is -2.28. The zero-order valence-corrected chi connectivity index (χ0v) is 15.6. The molecule has 0 radical (unpaired) electrons. The molecule has 0 aliphatic heterocycles. The third-order valence-electron chi connectivity index (χ3n) is 3.67. The van der Waals surface area contributed by atoms with Crippen molar-refractivity contribution in [2.75, 3.05) is 6.54 Å². The molecule has 21 heavy (non-hydrogen) atoms. The molecule has 1 rings (SSSR count). The van der Waals surface area contributed by atoms with E-state index < -0.39 is 0 Å². The lowest BCUT2D eigenvalue weighted by Gasteiger charge is -2.13. The van der Waals surface area contributed by atoms with Gasteiger partial charge in [0.2, 0.25) is 0 Å². The molecule has 0 aromatic heterocycles. The van der Waals surface area contributed by atoms with Crippen LogP contribution in [-0.4, -0.2) is 12.6 Å². The van der Waals surface area contributed by atoms with E-state index in [0.717, 1.165) is 25.3 Å². The first kappa shape index (κ1) is 22.5. The van der Waals surface area contributed by atoms with Crippen LogP contribution in [0, 0.1) is 5.92 Å². The van der Waals surface area contributed by atoms with E-state index in [1.165, 1.54) is 24.0 Å². The molecule has 0 aromatic rings. The van der Waals surface area contributed by atoms with Crippen LogP contribution >= 0.6 is 0 Å². The van der Waals surface area contributed by atoms with Gasteiger partial charge in [0.25, 0.3) is 0 Å². The van der Waals surface area contributed by atoms with Gasteiger partial charge in [-0.2, -0.15) is 0 Å². The van der Waals surface area contributed by atoms with Gasteiger partial charge in [0.15, 0.2) is 0 Å². The van der Waals surface area contributed by atoms with Crippen molar-refractivity contribution >= 4 is 0 Å². The van der Waals surface area contributed by atoms with Crippen molar-refractivity contribution in [1.82, 2.24) is 5.32 Å². The fourth-order valence-electron chi connectivity index (χ4n) is 2.19. The summed E-state index contributed by atoms with van der Waals surface area (Å²) < 4.78 is 0. The molecule has 1 aliphatic rings. The topological polar surface area (TPSA) is 12.0 Å². The van der Waals surface area contributed by atoms with E-state index in [0.29, 0.717) is 6.04 Å². The van der Waals surface area contributed by atoms with Crippen LogP contribution in [0.3, 0.4) is 0 Å². The molecule has 0 heterocycles. The van der Waals surface area contributed by atoms with E-state index in [1.54, 1.807) is 0 Å². The maximum Gasteiger partial charge on any atom is 0.0148 e. The Labute approximate surface area is 134 Å². The smallest absolute Gasteiger partial charge is 0.0148 e. The fourth-order valence-corrected chi connectivity index (χ4v) is 2.19. The second-order valence-corrected chi connectivity index (χ2v) is 5.18. The maximum absolute atomic E-state index is 4.16. The molecule has 0 aromatic carbocycles. The van der Waals surface area contributed by atoms with Gasteiger partial charge in [0.1, 0.15) is 0 Å². The van der Waals surface area contributed by atoms with Gasteiger partial charge < -0.3 is 5.32 Å². The molecule has 0 bridgehead atoms. The fraction of sp³-hybridized carbons (Fsp3) is 0.700. The van der Waals surface area contributed by atoms with E-state index in [2.05, 4.69) is 50.9 Å². The Morgan fingerprint density at radius 3 is 2.38 bits per heavy atom. The minimum absolute atomic E-state index is 0.614. The van der Waals surface area contributed by atoms with Crippen molar-refractivity contribution in [2.45, 2.75) is 80.2 Å². The second-order valence-electron chi connectivity index (χ2n) is 5.18. The highest BCUT2D eigenvalue weighted by Crippen LogP contribution is 2.29. The molecular formula is C20H39N. The average molecular weight is 294 g/mol. The SMILES string of the molecule is C=C1CC(NCCC(C)CC)C/C1=C/C=C\C.CC.CC. The molecule has 0 spiro atoms. The minimum Gasteiger partial charge on any atom is -0.313 e. The van der Waals surface area contributed by atoms with Crippen molar-refractivity contribution < 1.29 is 0 Å². The summed E-state index contributed by atoms with van der Waals surface area (Å²) in [5.41, 5.74) is 2.73. The second kappa shape index (κ2) is 15.6. The summed E-state index contributed by atoms with van der Waals surface area (Å²) in [6, 6.07) is 0.614. The van der Waals surface area contributed by atoms with E-state index in [-0.39, 0.29) is 0 Å². The number of nitrogens with one attached hydrogen (secondary N) is 1. The molecule has 1 aliphatic carbocycles. The van der Waals surface area contributed by atoms with Crippen LogP contribution in [0.25, 0.3) is 0 Å². The summed E-state index contributed by atoms with van der Waals surface area (Å²) in [5.74, 6) is 0.838. The first-order valence-electron chi connectivity index (χ1n) is 8.90. The van der Waals surface area contributed by atoms with Crippen LogP contribution < -0.4 is 5.32 Å². The highest BCUT2D eigenvalue weighted by atomic mass is 14.9. The monoisotopic (exact) mass is 293 g/mol. The summed E-state index contributed by atoms with van der Waals surface area (Å²) in [6.45, 7) is 19.9. The van der Waals surface area contributed by atoms with Gasteiger partial charge in [-0.25, -0.2) is 0 Å². The lowest BCUT2D eigenvalue weighted by molar-refractivity contribution is 0.454. The van der Waals surface area contributed by atoms with Gasteiger partial charge >= 0.3 is 0 Å². The van der Waals surface area contributed by atoms with Gasteiger partial charge in [0, 0.05) is 6.04 Å². The maximum atomic E-state index is 4.16. The molecule has 1 N–H and O–H groups in total. The first-order valence-corrected chi connectivity index (χ1v) is 8.90. The molecule has 1 heteroatoms. The van der Waals surface area contributed by atoms with Crippen molar-refractivity contribution in [3.05, 3.63) is 36.0 Å². The van der Waals surface area contributed by atoms with Crippen molar-refractivity contribution in [3.8, 4) is 0 Å². The number of rotatable bonds is 6. The Morgan fingerprint density at radius 2 is 1.86 bits per heavy atom. The predicted molar refractivity (Wildman–Crippen MR) is 99.8 cm³/mol. The molecule has 0 saturated heterocycles. The Balaban J connectivity index is 0. The zero-order chi connectivity index (χ0) is 16.7. The molecule has 1 fully saturated rings. The minimum atomic E-state index is 0.614. The molecular weight excluding hydrogens is 254 g/mol. The Bertz CT molecular complexity index is 299. The summed E-state index contributed by atoms with van der Waals surface area (Å²) in [5, 5.41) is 3.66. The Hall–Kier alpha value is -0.820. The molecule has 1 saturated carbocycles. The zero-order valence-electron chi connectivity index (χ0n) is 15.6. The Kier molecular flexibility index (Phi) is 16.6. The Morgan fingerprint density at radius 1 is 1.24 bits per heavy atom. The van der Waals surface area contributed by atoms with E-state index >= 15 is 0 Å². The highest BCUT2D eigenvalue weighted by molar-refractivity contribution is 5.37. The van der Waals surface area contributed by atoms with Gasteiger partial charge in [-0.15, -0.1) is 0 Å². The van der Waals surface area contributed by atoms with Crippen molar-refractivity contribution in [3.63, 3.8) is 0 Å². The van der Waals surface area contributed by atoms with Crippen LogP contribution in [0.2, 0.25) is 0 Å². The van der Waals surface area contributed by atoms with Gasteiger partial charge in [-0.3, -0.25) is 0 Å². The normalized spacial score (nSPS) is 20.8. The summed E-state index contributed by atoms with van der Waals surface area (Å²) in [7, 11) is 0. The standard InChI is InChI=1S/C16H27N.2C2H6/c1-5-7-8-15-12-16(11-14(15)4)17-10-9-13(3)6-2;2*1-2/h5,7-8,13,16-17H,4,6,9-12H2,1-3H3;2*1-2H3/b7-5-,15-8-;;. The predicted octanol–water partition coefficient (Wildman–Crippen LogP) is 6.29. The third kappa shape index (κ3) is 10.5. The molecule has 124 valence electrons. The third-order valence-corrected chi connectivity index (χ3v) is 3.67. The summed E-state index contributed by atoms with van der Waals surface area (Å²) in [6.07, 6.45) is 11.2. The molecule has 2 atom stereocenters. The van der Waals surface area contributed by atoms with Crippen LogP contribution in [0.4, 0.5) is 0 Å². The number of hydrogen-bond acceptors (Lipinski definition) is 1.